The van der Waals surface area contributed by atoms with Crippen LogP contribution in [-0.2, 0) is 0 Å². The van der Waals surface area contributed by atoms with E-state index in [0.29, 0.717) is 4.60 Å². The molecule has 0 aliphatic carbocycles. The van der Waals surface area contributed by atoms with Crippen LogP contribution in [0.2, 0.25) is 0 Å². The maximum absolute atomic E-state index is 10.8. The molecule has 1 aromatic heterocycles. The zero-order chi connectivity index (χ0) is 10.1. The molecule has 5 nitrogen and oxygen atoms in total. The quantitative estimate of drug-likeness (QED) is 0.828. The number of hydrogen-bond donors (Lipinski definition) is 2. The summed E-state index contributed by atoms with van der Waals surface area (Å²) in [5.74, 6) is -0.950. The maximum Gasteiger partial charge on any atom is 0.340 e. The molecule has 2 heterocycles. The second kappa shape index (κ2) is 3.70. The van der Waals surface area contributed by atoms with Crippen LogP contribution in [0.4, 0.5) is 0 Å². The van der Waals surface area contributed by atoms with E-state index in [4.69, 9.17) is 5.11 Å². The number of halogens is 1. The second-order valence-electron chi connectivity index (χ2n) is 3.27. The Morgan fingerprint density at radius 2 is 2.57 bits per heavy atom. The molecular formula is C8H10BrN3O2. The van der Waals surface area contributed by atoms with E-state index in [1.165, 1.54) is 0 Å². The molecule has 0 amide bonds. The first-order valence-electron chi connectivity index (χ1n) is 4.37. The van der Waals surface area contributed by atoms with Crippen LogP contribution in [0.1, 0.15) is 22.8 Å². The third kappa shape index (κ3) is 1.67. The Labute approximate surface area is 89.2 Å². The molecular weight excluding hydrogens is 250 g/mol. The summed E-state index contributed by atoms with van der Waals surface area (Å²) in [5.41, 5.74) is 0.219. The molecule has 1 saturated heterocycles. The zero-order valence-corrected chi connectivity index (χ0v) is 8.99. The van der Waals surface area contributed by atoms with Crippen molar-refractivity contribution in [3.05, 3.63) is 16.4 Å². The van der Waals surface area contributed by atoms with Crippen molar-refractivity contribution in [1.29, 1.82) is 0 Å². The van der Waals surface area contributed by atoms with Crippen molar-refractivity contribution in [3.8, 4) is 0 Å². The number of carboxylic acids is 1. The van der Waals surface area contributed by atoms with E-state index in [-0.39, 0.29) is 11.6 Å². The molecule has 0 spiro atoms. The van der Waals surface area contributed by atoms with Crippen molar-refractivity contribution in [2.75, 3.05) is 13.1 Å². The van der Waals surface area contributed by atoms with E-state index in [9.17, 15) is 4.79 Å². The number of carboxylic acid groups (broad SMARTS) is 1. The highest BCUT2D eigenvalue weighted by Gasteiger charge is 2.20. The van der Waals surface area contributed by atoms with Crippen LogP contribution < -0.4 is 5.32 Å². The molecule has 0 aromatic carbocycles. The van der Waals surface area contributed by atoms with E-state index >= 15 is 0 Å². The summed E-state index contributed by atoms with van der Waals surface area (Å²) in [7, 11) is 0. The number of nitrogens with one attached hydrogen (secondary N) is 1. The van der Waals surface area contributed by atoms with Gasteiger partial charge in [-0.2, -0.15) is 5.10 Å². The Morgan fingerprint density at radius 1 is 1.79 bits per heavy atom. The number of rotatable bonds is 2. The van der Waals surface area contributed by atoms with Gasteiger partial charge in [-0.1, -0.05) is 0 Å². The van der Waals surface area contributed by atoms with Gasteiger partial charge in [-0.3, -0.25) is 4.68 Å². The maximum atomic E-state index is 10.8. The van der Waals surface area contributed by atoms with Gasteiger partial charge in [0, 0.05) is 12.7 Å². The summed E-state index contributed by atoms with van der Waals surface area (Å²) in [5, 5.41) is 16.2. The molecule has 1 fully saturated rings. The normalized spacial score (nSPS) is 21.4. The lowest BCUT2D eigenvalue weighted by atomic mass is 10.3. The molecule has 0 saturated carbocycles. The Hall–Kier alpha value is -0.880. The van der Waals surface area contributed by atoms with E-state index in [1.807, 2.05) is 0 Å². The van der Waals surface area contributed by atoms with Crippen LogP contribution >= 0.6 is 15.9 Å². The lowest BCUT2D eigenvalue weighted by Crippen LogP contribution is -2.13. The van der Waals surface area contributed by atoms with E-state index < -0.39 is 5.97 Å². The summed E-state index contributed by atoms with van der Waals surface area (Å²) in [6, 6.07) is 0.277. The number of hydrogen-bond acceptors (Lipinski definition) is 3. The minimum absolute atomic E-state index is 0.219. The molecule has 1 aromatic rings. The minimum Gasteiger partial charge on any atom is -0.478 e. The molecule has 6 heteroatoms. The second-order valence-corrected chi connectivity index (χ2v) is 4.02. The Kier molecular flexibility index (Phi) is 2.56. The first-order valence-corrected chi connectivity index (χ1v) is 5.16. The van der Waals surface area contributed by atoms with Crippen molar-refractivity contribution < 1.29 is 9.90 Å². The summed E-state index contributed by atoms with van der Waals surface area (Å²) in [4.78, 5) is 10.8. The molecule has 76 valence electrons. The van der Waals surface area contributed by atoms with Crippen LogP contribution in [0.5, 0.6) is 0 Å². The largest absolute Gasteiger partial charge is 0.478 e. The monoisotopic (exact) mass is 259 g/mol. The van der Waals surface area contributed by atoms with Gasteiger partial charge in [0.15, 0.2) is 0 Å². The van der Waals surface area contributed by atoms with E-state index in [0.717, 1.165) is 19.5 Å². The number of aromatic nitrogens is 2. The van der Waals surface area contributed by atoms with Gasteiger partial charge >= 0.3 is 5.97 Å². The fourth-order valence-electron chi connectivity index (χ4n) is 1.57. The average Bonchev–Trinajstić information content (AvgIpc) is 2.70. The predicted molar refractivity (Wildman–Crippen MR) is 53.4 cm³/mol. The summed E-state index contributed by atoms with van der Waals surface area (Å²) < 4.78 is 2.12. The molecule has 2 rings (SSSR count). The van der Waals surface area contributed by atoms with Crippen LogP contribution in [-0.4, -0.2) is 33.9 Å². The van der Waals surface area contributed by atoms with Gasteiger partial charge in [-0.15, -0.1) is 0 Å². The van der Waals surface area contributed by atoms with Gasteiger partial charge in [0.05, 0.1) is 6.04 Å². The Morgan fingerprint density at radius 3 is 3.07 bits per heavy atom. The van der Waals surface area contributed by atoms with Gasteiger partial charge in [-0.05, 0) is 28.9 Å². The van der Waals surface area contributed by atoms with Crippen LogP contribution in [0.15, 0.2) is 10.8 Å². The smallest absolute Gasteiger partial charge is 0.340 e. The molecule has 1 aliphatic rings. The highest BCUT2D eigenvalue weighted by molar-refractivity contribution is 9.10. The average molecular weight is 260 g/mol. The first kappa shape index (κ1) is 9.67. The predicted octanol–water partition coefficient (Wildman–Crippen LogP) is 0.878. The van der Waals surface area contributed by atoms with Crippen molar-refractivity contribution in [3.63, 3.8) is 0 Å². The molecule has 0 bridgehead atoms. The van der Waals surface area contributed by atoms with Crippen molar-refractivity contribution in [2.24, 2.45) is 0 Å². The van der Waals surface area contributed by atoms with Crippen LogP contribution in [0.3, 0.4) is 0 Å². The number of nitrogens with zero attached hydrogens (tertiary/aromatic N) is 2. The van der Waals surface area contributed by atoms with Gasteiger partial charge in [-0.25, -0.2) is 4.79 Å². The third-order valence-corrected chi connectivity index (χ3v) is 2.91. The summed E-state index contributed by atoms with van der Waals surface area (Å²) in [6.07, 6.45) is 2.57. The van der Waals surface area contributed by atoms with Gasteiger partial charge < -0.3 is 10.4 Å². The van der Waals surface area contributed by atoms with Gasteiger partial charge in [0.2, 0.25) is 0 Å². The summed E-state index contributed by atoms with van der Waals surface area (Å²) in [6.45, 7) is 1.82. The standard InChI is InChI=1S/C8H10BrN3O2/c9-7-6(8(13)14)4-12(11-7)5-1-2-10-3-5/h4-5,10H,1-3H2,(H,13,14). The van der Waals surface area contributed by atoms with Crippen molar-refractivity contribution in [1.82, 2.24) is 15.1 Å². The Balaban J connectivity index is 2.27. The molecule has 2 N–H and O–H groups in total. The van der Waals surface area contributed by atoms with Crippen molar-refractivity contribution >= 4 is 21.9 Å². The number of aromatic carboxylic acids is 1. The first-order chi connectivity index (χ1) is 6.68. The highest BCUT2D eigenvalue weighted by Crippen LogP contribution is 2.20. The lowest BCUT2D eigenvalue weighted by molar-refractivity contribution is 0.0696. The molecule has 0 radical (unpaired) electrons. The number of carbonyl (C=O) groups is 1. The molecule has 14 heavy (non-hydrogen) atoms. The van der Waals surface area contributed by atoms with Gasteiger partial charge in [0.1, 0.15) is 10.2 Å². The SMILES string of the molecule is O=C(O)c1cn(C2CCNC2)nc1Br. The lowest BCUT2D eigenvalue weighted by Gasteiger charge is -2.07. The fraction of sp³-hybridized carbons (Fsp3) is 0.500. The van der Waals surface area contributed by atoms with Crippen LogP contribution in [0, 0.1) is 0 Å². The van der Waals surface area contributed by atoms with Crippen LogP contribution in [0.25, 0.3) is 0 Å². The van der Waals surface area contributed by atoms with E-state index in [2.05, 4.69) is 26.3 Å². The molecule has 1 aliphatic heterocycles. The zero-order valence-electron chi connectivity index (χ0n) is 7.40. The van der Waals surface area contributed by atoms with Crippen molar-refractivity contribution in [2.45, 2.75) is 12.5 Å². The molecule has 1 atom stereocenters. The minimum atomic E-state index is -0.950. The molecule has 1 unspecified atom stereocenters. The fourth-order valence-corrected chi connectivity index (χ4v) is 2.02. The van der Waals surface area contributed by atoms with E-state index in [1.54, 1.807) is 10.9 Å². The Bertz CT molecular complexity index is 357. The highest BCUT2D eigenvalue weighted by atomic mass is 79.9. The van der Waals surface area contributed by atoms with Gasteiger partial charge in [0.25, 0.3) is 0 Å². The third-order valence-electron chi connectivity index (χ3n) is 2.33. The topological polar surface area (TPSA) is 67.2 Å². The summed E-state index contributed by atoms with van der Waals surface area (Å²) >= 11 is 3.13.